The Morgan fingerprint density at radius 3 is 1.94 bits per heavy atom. The molecule has 0 heterocycles. The first-order valence-corrected chi connectivity index (χ1v) is 15.5. The van der Waals surface area contributed by atoms with Crippen LogP contribution in [-0.4, -0.2) is 31.3 Å². The number of hydrogen-bond donors (Lipinski definition) is 0. The molecule has 0 aliphatic rings. The second-order valence-electron chi connectivity index (χ2n) is 8.90. The standard InChI is InChI=1S/C28H50N3O4P/c1-7-12-13-14-15-16-17-18-19-20-21-26-24-27(29-30-31(8-2)9-3)22-23-28(26)25(6)35-36(32,33-10-4)34-11-5/h22-24H,6-21H2,1-5H3. The van der Waals surface area contributed by atoms with E-state index in [9.17, 15) is 4.57 Å². The normalized spacial score (nSPS) is 11.8. The Morgan fingerprint density at radius 2 is 1.42 bits per heavy atom. The summed E-state index contributed by atoms with van der Waals surface area (Å²) in [5.41, 5.74) is 2.63. The van der Waals surface area contributed by atoms with Gasteiger partial charge in [0.25, 0.3) is 0 Å². The molecule has 0 aliphatic heterocycles. The number of nitrogens with zero attached hydrogens (tertiary/aromatic N) is 3. The maximum Gasteiger partial charge on any atom is 0.530 e. The molecule has 8 heteroatoms. The SMILES string of the molecule is C=C(OP(=O)(OCC)OCC)c1ccc(N=NN(CC)CC)cc1CCCCCCCCCCCC. The number of phosphoric acid groups is 1. The second-order valence-corrected chi connectivity index (χ2v) is 10.5. The van der Waals surface area contributed by atoms with E-state index in [4.69, 9.17) is 13.6 Å². The van der Waals surface area contributed by atoms with Gasteiger partial charge in [0.05, 0.1) is 18.9 Å². The largest absolute Gasteiger partial charge is 0.530 e. The number of unbranched alkanes of at least 4 members (excludes halogenated alkanes) is 9. The summed E-state index contributed by atoms with van der Waals surface area (Å²) in [7, 11) is -3.71. The monoisotopic (exact) mass is 523 g/mol. The van der Waals surface area contributed by atoms with Crippen molar-refractivity contribution in [2.75, 3.05) is 26.3 Å². The molecular weight excluding hydrogens is 473 g/mol. The zero-order valence-electron chi connectivity index (χ0n) is 23.5. The average Bonchev–Trinajstić information content (AvgIpc) is 2.86. The summed E-state index contributed by atoms with van der Waals surface area (Å²) in [4.78, 5) is 0. The van der Waals surface area contributed by atoms with E-state index in [1.807, 2.05) is 23.2 Å². The van der Waals surface area contributed by atoms with Crippen molar-refractivity contribution in [3.8, 4) is 0 Å². The van der Waals surface area contributed by atoms with Crippen LogP contribution in [0, 0.1) is 0 Å². The molecule has 36 heavy (non-hydrogen) atoms. The van der Waals surface area contributed by atoms with E-state index >= 15 is 0 Å². The maximum absolute atomic E-state index is 12.9. The zero-order chi connectivity index (χ0) is 26.7. The van der Waals surface area contributed by atoms with E-state index in [0.29, 0.717) is 0 Å². The van der Waals surface area contributed by atoms with Gasteiger partial charge in [-0.25, -0.2) is 4.57 Å². The Kier molecular flexibility index (Phi) is 17.4. The quantitative estimate of drug-likeness (QED) is 0.0497. The minimum Gasteiger partial charge on any atom is -0.404 e. The summed E-state index contributed by atoms with van der Waals surface area (Å²) in [6.45, 7) is 16.0. The van der Waals surface area contributed by atoms with Crippen molar-refractivity contribution >= 4 is 19.3 Å². The fourth-order valence-corrected chi connectivity index (χ4v) is 5.16. The molecule has 0 amide bonds. The lowest BCUT2D eigenvalue weighted by Crippen LogP contribution is -2.14. The van der Waals surface area contributed by atoms with Crippen molar-refractivity contribution < 1.29 is 18.1 Å². The summed E-state index contributed by atoms with van der Waals surface area (Å²) in [6, 6.07) is 5.81. The molecule has 0 bridgehead atoms. The lowest BCUT2D eigenvalue weighted by molar-refractivity contribution is 0.159. The minimum absolute atomic E-state index is 0.223. The lowest BCUT2D eigenvalue weighted by atomic mass is 9.98. The van der Waals surface area contributed by atoms with Crippen LogP contribution in [0.3, 0.4) is 0 Å². The summed E-state index contributed by atoms with van der Waals surface area (Å²) >= 11 is 0. The highest BCUT2D eigenvalue weighted by atomic mass is 31.2. The number of rotatable bonds is 22. The summed E-state index contributed by atoms with van der Waals surface area (Å²) in [5, 5.41) is 10.7. The van der Waals surface area contributed by atoms with Gasteiger partial charge < -0.3 is 4.52 Å². The Labute approximate surface area is 220 Å². The van der Waals surface area contributed by atoms with Crippen LogP contribution in [-0.2, 0) is 24.6 Å². The first-order chi connectivity index (χ1) is 17.4. The lowest BCUT2D eigenvalue weighted by Gasteiger charge is -2.20. The van der Waals surface area contributed by atoms with Crippen LogP contribution in [0.5, 0.6) is 0 Å². The van der Waals surface area contributed by atoms with Crippen LogP contribution in [0.4, 0.5) is 5.69 Å². The van der Waals surface area contributed by atoms with Crippen LogP contribution in [0.15, 0.2) is 35.1 Å². The van der Waals surface area contributed by atoms with Gasteiger partial charge in [0.1, 0.15) is 5.76 Å². The fourth-order valence-electron chi connectivity index (χ4n) is 3.98. The first-order valence-electron chi connectivity index (χ1n) is 14.0. The summed E-state index contributed by atoms with van der Waals surface area (Å²) < 4.78 is 29.2. The van der Waals surface area contributed by atoms with E-state index < -0.39 is 7.82 Å². The molecule has 1 aromatic carbocycles. The van der Waals surface area contributed by atoms with Crippen molar-refractivity contribution in [2.45, 2.75) is 105 Å². The highest BCUT2D eigenvalue weighted by molar-refractivity contribution is 7.48. The predicted molar refractivity (Wildman–Crippen MR) is 150 cm³/mol. The molecule has 0 atom stereocenters. The number of hydrogen-bond acceptors (Lipinski definition) is 6. The van der Waals surface area contributed by atoms with Crippen LogP contribution in [0.1, 0.15) is 110 Å². The van der Waals surface area contributed by atoms with E-state index in [1.165, 1.54) is 57.8 Å². The zero-order valence-corrected chi connectivity index (χ0v) is 24.4. The Hall–Kier alpha value is -1.69. The smallest absolute Gasteiger partial charge is 0.404 e. The van der Waals surface area contributed by atoms with Crippen LogP contribution in [0.2, 0.25) is 0 Å². The van der Waals surface area contributed by atoms with Gasteiger partial charge in [0, 0.05) is 18.7 Å². The molecule has 0 radical (unpaired) electrons. The topological polar surface area (TPSA) is 72.7 Å². The molecule has 1 rings (SSSR count). The average molecular weight is 524 g/mol. The molecule has 0 spiro atoms. The highest BCUT2D eigenvalue weighted by Crippen LogP contribution is 2.52. The van der Waals surface area contributed by atoms with Crippen molar-refractivity contribution in [1.82, 2.24) is 5.01 Å². The van der Waals surface area contributed by atoms with Gasteiger partial charge in [-0.3, -0.25) is 14.1 Å². The fraction of sp³-hybridized carbons (Fsp3) is 0.714. The van der Waals surface area contributed by atoms with Gasteiger partial charge in [-0.1, -0.05) is 76.5 Å². The number of phosphoric ester groups is 1. The van der Waals surface area contributed by atoms with Crippen LogP contribution < -0.4 is 0 Å². The summed E-state index contributed by atoms with van der Waals surface area (Å²) in [6.07, 6.45) is 13.7. The third-order valence-electron chi connectivity index (χ3n) is 6.00. The van der Waals surface area contributed by atoms with Crippen molar-refractivity contribution in [2.24, 2.45) is 10.3 Å². The molecule has 1 aromatic rings. The van der Waals surface area contributed by atoms with Crippen molar-refractivity contribution in [3.05, 3.63) is 35.9 Å². The van der Waals surface area contributed by atoms with Crippen LogP contribution >= 0.6 is 7.82 Å². The van der Waals surface area contributed by atoms with E-state index in [1.54, 1.807) is 13.8 Å². The molecule has 0 N–H and O–H groups in total. The highest BCUT2D eigenvalue weighted by Gasteiger charge is 2.28. The van der Waals surface area contributed by atoms with Crippen molar-refractivity contribution in [1.29, 1.82) is 0 Å². The Balaban J connectivity index is 2.85. The van der Waals surface area contributed by atoms with Gasteiger partial charge >= 0.3 is 7.82 Å². The maximum atomic E-state index is 12.9. The van der Waals surface area contributed by atoms with E-state index in [0.717, 1.165) is 42.7 Å². The molecule has 0 fully saturated rings. The molecule has 0 saturated carbocycles. The third-order valence-corrected chi connectivity index (χ3v) is 7.59. The van der Waals surface area contributed by atoms with Gasteiger partial charge in [-0.2, -0.15) is 0 Å². The molecule has 7 nitrogen and oxygen atoms in total. The minimum atomic E-state index is -3.71. The first kappa shape index (κ1) is 32.3. The Bertz CT molecular complexity index is 802. The molecule has 206 valence electrons. The number of aryl methyl sites for hydroxylation is 1. The molecule has 0 unspecified atom stereocenters. The summed E-state index contributed by atoms with van der Waals surface area (Å²) in [5.74, 6) is 0.287. The second kappa shape index (κ2) is 19.4. The van der Waals surface area contributed by atoms with Crippen molar-refractivity contribution in [3.63, 3.8) is 0 Å². The van der Waals surface area contributed by atoms with Gasteiger partial charge in [-0.15, -0.1) is 5.11 Å². The van der Waals surface area contributed by atoms with Crippen LogP contribution in [0.25, 0.3) is 5.76 Å². The Morgan fingerprint density at radius 1 is 0.861 bits per heavy atom. The molecule has 0 saturated heterocycles. The van der Waals surface area contributed by atoms with Gasteiger partial charge in [-0.05, 0) is 64.3 Å². The third kappa shape index (κ3) is 13.0. The van der Waals surface area contributed by atoms with Gasteiger partial charge in [0.15, 0.2) is 0 Å². The molecular formula is C28H50N3O4P. The molecule has 0 aromatic heterocycles. The van der Waals surface area contributed by atoms with E-state index in [-0.39, 0.29) is 19.0 Å². The predicted octanol–water partition coefficient (Wildman–Crippen LogP) is 9.66. The van der Waals surface area contributed by atoms with E-state index in [2.05, 4.69) is 37.7 Å². The van der Waals surface area contributed by atoms with Gasteiger partial charge in [0.2, 0.25) is 0 Å². The number of benzene rings is 1. The molecule has 0 aliphatic carbocycles.